The molecule has 0 radical (unpaired) electrons. The molecule has 3 heteroatoms. The standard InChI is InChI=1S/C17H23N3/c1-11(2)13-6-8-14(9-7-13)16-15(10-12-4-5-12)19-20(3)17(16)18/h6-9,11-12H,4-5,10,18H2,1-3H3. The number of nitrogens with zero attached hydrogens (tertiary/aromatic N) is 2. The van der Waals surface area contributed by atoms with Crippen LogP contribution in [0.1, 0.15) is 43.9 Å². The van der Waals surface area contributed by atoms with Crippen LogP contribution in [0.4, 0.5) is 5.82 Å². The van der Waals surface area contributed by atoms with Crippen LogP contribution in [0.15, 0.2) is 24.3 Å². The normalized spacial score (nSPS) is 15.0. The first kappa shape index (κ1) is 13.2. The molecule has 20 heavy (non-hydrogen) atoms. The van der Waals surface area contributed by atoms with Crippen LogP contribution in [0.2, 0.25) is 0 Å². The summed E-state index contributed by atoms with van der Waals surface area (Å²) < 4.78 is 1.81. The van der Waals surface area contributed by atoms with E-state index in [9.17, 15) is 0 Å². The third-order valence-corrected chi connectivity index (χ3v) is 4.21. The fourth-order valence-corrected chi connectivity index (χ4v) is 2.68. The number of aryl methyl sites for hydroxylation is 1. The Bertz CT molecular complexity index is 604. The van der Waals surface area contributed by atoms with E-state index in [1.165, 1.54) is 24.0 Å². The summed E-state index contributed by atoms with van der Waals surface area (Å²) in [5, 5.41) is 4.62. The van der Waals surface area contributed by atoms with Gasteiger partial charge in [-0.25, -0.2) is 0 Å². The van der Waals surface area contributed by atoms with E-state index >= 15 is 0 Å². The number of hydrogen-bond donors (Lipinski definition) is 1. The largest absolute Gasteiger partial charge is 0.383 e. The SMILES string of the molecule is CC(C)c1ccc(-c2c(CC3CC3)nn(C)c2N)cc1. The van der Waals surface area contributed by atoms with Gasteiger partial charge in [0.2, 0.25) is 0 Å². The maximum Gasteiger partial charge on any atom is 0.129 e. The zero-order chi connectivity index (χ0) is 14.3. The summed E-state index contributed by atoms with van der Waals surface area (Å²) in [4.78, 5) is 0. The van der Waals surface area contributed by atoms with Crippen molar-refractivity contribution in [1.29, 1.82) is 0 Å². The van der Waals surface area contributed by atoms with Crippen molar-refractivity contribution in [2.75, 3.05) is 5.73 Å². The molecule has 1 aliphatic rings. The number of aromatic nitrogens is 2. The molecule has 0 unspecified atom stereocenters. The molecule has 1 aliphatic carbocycles. The quantitative estimate of drug-likeness (QED) is 0.918. The zero-order valence-electron chi connectivity index (χ0n) is 12.6. The summed E-state index contributed by atoms with van der Waals surface area (Å²) in [6.45, 7) is 4.43. The Morgan fingerprint density at radius 1 is 1.25 bits per heavy atom. The van der Waals surface area contributed by atoms with Gasteiger partial charge < -0.3 is 5.73 Å². The van der Waals surface area contributed by atoms with Crippen LogP contribution in [0.5, 0.6) is 0 Å². The predicted octanol–water partition coefficient (Wildman–Crippen LogP) is 3.75. The first-order chi connectivity index (χ1) is 9.56. The second kappa shape index (κ2) is 4.97. The average Bonchev–Trinajstić information content (AvgIpc) is 3.18. The Kier molecular flexibility index (Phi) is 3.28. The van der Waals surface area contributed by atoms with Crippen molar-refractivity contribution < 1.29 is 0 Å². The summed E-state index contributed by atoms with van der Waals surface area (Å²) in [5.41, 5.74) is 11.1. The molecule has 3 nitrogen and oxygen atoms in total. The number of rotatable bonds is 4. The molecule has 2 aromatic rings. The molecular weight excluding hydrogens is 246 g/mol. The number of hydrogen-bond acceptors (Lipinski definition) is 2. The molecule has 0 bridgehead atoms. The molecule has 3 rings (SSSR count). The minimum absolute atomic E-state index is 0.557. The van der Waals surface area contributed by atoms with Gasteiger partial charge >= 0.3 is 0 Å². The fraction of sp³-hybridized carbons (Fsp3) is 0.471. The minimum atomic E-state index is 0.557. The molecule has 1 aromatic carbocycles. The van der Waals surface area contributed by atoms with Crippen LogP contribution in [0.3, 0.4) is 0 Å². The Labute approximate surface area is 120 Å². The van der Waals surface area contributed by atoms with Gasteiger partial charge in [-0.05, 0) is 42.2 Å². The number of nitrogen functional groups attached to an aromatic ring is 1. The Morgan fingerprint density at radius 3 is 2.45 bits per heavy atom. The third-order valence-electron chi connectivity index (χ3n) is 4.21. The molecule has 106 valence electrons. The number of benzene rings is 1. The van der Waals surface area contributed by atoms with E-state index in [4.69, 9.17) is 5.73 Å². The molecule has 0 amide bonds. The Morgan fingerprint density at radius 2 is 1.90 bits per heavy atom. The van der Waals surface area contributed by atoms with Crippen molar-refractivity contribution in [3.05, 3.63) is 35.5 Å². The monoisotopic (exact) mass is 269 g/mol. The second-order valence-corrected chi connectivity index (χ2v) is 6.25. The van der Waals surface area contributed by atoms with Crippen molar-refractivity contribution in [3.8, 4) is 11.1 Å². The van der Waals surface area contributed by atoms with E-state index in [1.807, 2.05) is 11.7 Å². The first-order valence-electron chi connectivity index (χ1n) is 7.48. The van der Waals surface area contributed by atoms with Gasteiger partial charge in [-0.1, -0.05) is 38.1 Å². The molecule has 2 N–H and O–H groups in total. The van der Waals surface area contributed by atoms with Crippen molar-refractivity contribution in [2.45, 2.75) is 39.0 Å². The lowest BCUT2D eigenvalue weighted by Gasteiger charge is -2.08. The van der Waals surface area contributed by atoms with Gasteiger partial charge in [0.05, 0.1) is 5.69 Å². The van der Waals surface area contributed by atoms with E-state index < -0.39 is 0 Å². The van der Waals surface area contributed by atoms with Crippen LogP contribution in [-0.2, 0) is 13.5 Å². The Balaban J connectivity index is 1.99. The summed E-state index contributed by atoms with van der Waals surface area (Å²) in [6, 6.07) is 8.76. The molecule has 0 atom stereocenters. The highest BCUT2D eigenvalue weighted by molar-refractivity contribution is 5.76. The lowest BCUT2D eigenvalue weighted by atomic mass is 9.97. The molecule has 0 spiro atoms. The summed E-state index contributed by atoms with van der Waals surface area (Å²) in [6.07, 6.45) is 3.73. The lowest BCUT2D eigenvalue weighted by Crippen LogP contribution is -1.98. The highest BCUT2D eigenvalue weighted by Crippen LogP contribution is 2.37. The van der Waals surface area contributed by atoms with Gasteiger partial charge in [0.25, 0.3) is 0 Å². The highest BCUT2D eigenvalue weighted by atomic mass is 15.3. The minimum Gasteiger partial charge on any atom is -0.383 e. The average molecular weight is 269 g/mol. The van der Waals surface area contributed by atoms with Crippen LogP contribution >= 0.6 is 0 Å². The van der Waals surface area contributed by atoms with Crippen LogP contribution in [0.25, 0.3) is 11.1 Å². The molecule has 0 aliphatic heterocycles. The maximum atomic E-state index is 6.23. The maximum absolute atomic E-state index is 6.23. The van der Waals surface area contributed by atoms with Gasteiger partial charge in [0.15, 0.2) is 0 Å². The predicted molar refractivity (Wildman–Crippen MR) is 83.6 cm³/mol. The fourth-order valence-electron chi connectivity index (χ4n) is 2.68. The molecular formula is C17H23N3. The molecule has 1 saturated carbocycles. The topological polar surface area (TPSA) is 43.8 Å². The van der Waals surface area contributed by atoms with Crippen molar-refractivity contribution >= 4 is 5.82 Å². The second-order valence-electron chi connectivity index (χ2n) is 6.25. The zero-order valence-corrected chi connectivity index (χ0v) is 12.6. The van der Waals surface area contributed by atoms with Gasteiger partial charge in [-0.15, -0.1) is 0 Å². The van der Waals surface area contributed by atoms with Gasteiger partial charge in [0, 0.05) is 12.6 Å². The molecule has 1 heterocycles. The Hall–Kier alpha value is -1.77. The van der Waals surface area contributed by atoms with Gasteiger partial charge in [-0.2, -0.15) is 5.10 Å². The van der Waals surface area contributed by atoms with Crippen LogP contribution in [0, 0.1) is 5.92 Å². The molecule has 0 saturated heterocycles. The van der Waals surface area contributed by atoms with Gasteiger partial charge in [0.1, 0.15) is 5.82 Å². The summed E-state index contributed by atoms with van der Waals surface area (Å²) in [7, 11) is 1.93. The third kappa shape index (κ3) is 2.45. The van der Waals surface area contributed by atoms with E-state index in [0.29, 0.717) is 5.92 Å². The molecule has 1 fully saturated rings. The van der Waals surface area contributed by atoms with Crippen LogP contribution < -0.4 is 5.73 Å². The van der Waals surface area contributed by atoms with E-state index in [2.05, 4.69) is 43.2 Å². The van der Waals surface area contributed by atoms with Gasteiger partial charge in [-0.3, -0.25) is 4.68 Å². The number of nitrogens with two attached hydrogens (primary N) is 1. The lowest BCUT2D eigenvalue weighted by molar-refractivity contribution is 0.722. The van der Waals surface area contributed by atoms with Crippen molar-refractivity contribution in [1.82, 2.24) is 9.78 Å². The molecule has 1 aromatic heterocycles. The van der Waals surface area contributed by atoms with E-state index in [1.54, 1.807) is 0 Å². The summed E-state index contributed by atoms with van der Waals surface area (Å²) in [5.74, 6) is 2.15. The highest BCUT2D eigenvalue weighted by Gasteiger charge is 2.26. The van der Waals surface area contributed by atoms with Crippen LogP contribution in [-0.4, -0.2) is 9.78 Å². The first-order valence-corrected chi connectivity index (χ1v) is 7.48. The van der Waals surface area contributed by atoms with Crippen molar-refractivity contribution in [2.24, 2.45) is 13.0 Å². The van der Waals surface area contributed by atoms with E-state index in [0.717, 1.165) is 29.4 Å². The smallest absolute Gasteiger partial charge is 0.129 e. The van der Waals surface area contributed by atoms with Crippen molar-refractivity contribution in [3.63, 3.8) is 0 Å². The number of anilines is 1. The van der Waals surface area contributed by atoms with E-state index in [-0.39, 0.29) is 0 Å². The summed E-state index contributed by atoms with van der Waals surface area (Å²) >= 11 is 0.